The number of hydrogen-bond donors (Lipinski definition) is 2. The molecule has 4 rings (SSSR count). The van der Waals surface area contributed by atoms with Gasteiger partial charge in [0.1, 0.15) is 18.6 Å². The van der Waals surface area contributed by atoms with Gasteiger partial charge in [0, 0.05) is 19.5 Å². The second-order valence-electron chi connectivity index (χ2n) is 9.02. The molecule has 0 unspecified atom stereocenters. The summed E-state index contributed by atoms with van der Waals surface area (Å²) in [6.07, 6.45) is 1.51. The molecule has 39 heavy (non-hydrogen) atoms. The number of carboxylic acid groups (broad SMARTS) is 1. The van der Waals surface area contributed by atoms with Crippen LogP contribution >= 0.6 is 0 Å². The number of aliphatic carboxylic acids is 1. The van der Waals surface area contributed by atoms with Crippen LogP contribution in [0, 0.1) is 0 Å². The van der Waals surface area contributed by atoms with Crippen LogP contribution in [0.3, 0.4) is 0 Å². The van der Waals surface area contributed by atoms with Gasteiger partial charge >= 0.3 is 5.97 Å². The summed E-state index contributed by atoms with van der Waals surface area (Å²) in [5, 5.41) is 11.8. The van der Waals surface area contributed by atoms with Gasteiger partial charge in [0.05, 0.1) is 5.70 Å². The molecule has 0 saturated heterocycles. The highest BCUT2D eigenvalue weighted by Gasteiger charge is 2.40. The fraction of sp³-hybridized carbons (Fsp3) is 0.167. The van der Waals surface area contributed by atoms with Crippen molar-refractivity contribution in [1.82, 2.24) is 15.1 Å². The molecule has 0 radical (unpaired) electrons. The molecule has 0 spiro atoms. The topological polar surface area (TPSA) is 124 Å². The molecule has 1 aliphatic rings. The van der Waals surface area contributed by atoms with Crippen LogP contribution in [0.5, 0.6) is 0 Å². The van der Waals surface area contributed by atoms with Crippen LogP contribution in [0.4, 0.5) is 0 Å². The van der Waals surface area contributed by atoms with Crippen molar-refractivity contribution in [2.24, 2.45) is 0 Å². The maximum absolute atomic E-state index is 13.9. The smallest absolute Gasteiger partial charge is 0.374 e. The van der Waals surface area contributed by atoms with Crippen molar-refractivity contribution in [3.8, 4) is 0 Å². The lowest BCUT2D eigenvalue weighted by atomic mass is 9.99. The Labute approximate surface area is 225 Å². The molecule has 0 aliphatic carbocycles. The average molecular weight is 526 g/mol. The summed E-state index contributed by atoms with van der Waals surface area (Å²) in [6, 6.07) is 23.9. The molecule has 9 nitrogen and oxygen atoms in total. The number of benzene rings is 3. The summed E-state index contributed by atoms with van der Waals surface area (Å²) >= 11 is 0. The summed E-state index contributed by atoms with van der Waals surface area (Å²) in [7, 11) is 0. The predicted octanol–water partition coefficient (Wildman–Crippen LogP) is 2.80. The van der Waals surface area contributed by atoms with Crippen LogP contribution in [0.15, 0.2) is 97.2 Å². The van der Waals surface area contributed by atoms with E-state index in [1.54, 1.807) is 91.0 Å². The zero-order chi connectivity index (χ0) is 27.9. The molecule has 2 N–H and O–H groups in total. The van der Waals surface area contributed by atoms with E-state index in [2.05, 4.69) is 5.32 Å². The number of rotatable bonds is 9. The molecule has 3 amide bonds. The lowest BCUT2D eigenvalue weighted by Gasteiger charge is -2.39. The maximum atomic E-state index is 13.9. The van der Waals surface area contributed by atoms with E-state index in [-0.39, 0.29) is 12.3 Å². The van der Waals surface area contributed by atoms with E-state index in [4.69, 9.17) is 0 Å². The van der Waals surface area contributed by atoms with Crippen molar-refractivity contribution in [2.75, 3.05) is 6.54 Å². The van der Waals surface area contributed by atoms with Crippen molar-refractivity contribution in [1.29, 1.82) is 0 Å². The third-order valence-electron chi connectivity index (χ3n) is 6.33. The predicted molar refractivity (Wildman–Crippen MR) is 143 cm³/mol. The Morgan fingerprint density at radius 2 is 1.44 bits per heavy atom. The Hall–Kier alpha value is -5.05. The summed E-state index contributed by atoms with van der Waals surface area (Å²) in [5.41, 5.74) is 2.15. The van der Waals surface area contributed by atoms with Crippen LogP contribution in [-0.4, -0.2) is 57.0 Å². The molecule has 0 saturated carbocycles. The molecule has 198 valence electrons. The van der Waals surface area contributed by atoms with Gasteiger partial charge in [0.15, 0.2) is 0 Å². The zero-order valence-corrected chi connectivity index (χ0v) is 21.2. The number of Topliss-reactive ketones (excluding diaryl/α,β-unsaturated/α-hetero) is 1. The quantitative estimate of drug-likeness (QED) is 0.414. The van der Waals surface area contributed by atoms with Crippen molar-refractivity contribution in [3.05, 3.63) is 114 Å². The number of hydrogen-bond acceptors (Lipinski definition) is 5. The maximum Gasteiger partial charge on any atom is 0.374 e. The third-order valence-corrected chi connectivity index (χ3v) is 6.33. The van der Waals surface area contributed by atoms with Gasteiger partial charge in [0.2, 0.25) is 11.8 Å². The third kappa shape index (κ3) is 6.27. The zero-order valence-electron chi connectivity index (χ0n) is 21.2. The Bertz CT molecular complexity index is 1410. The monoisotopic (exact) mass is 525 g/mol. The van der Waals surface area contributed by atoms with Crippen LogP contribution in [0.25, 0.3) is 5.70 Å². The van der Waals surface area contributed by atoms with Crippen molar-refractivity contribution in [3.63, 3.8) is 0 Å². The number of carbonyl (C=O) groups is 5. The van der Waals surface area contributed by atoms with E-state index in [1.165, 1.54) is 22.9 Å². The SMILES string of the molecule is CC(=O)N1C=C(c2ccccc2)N(CC(=O)N[C@@H](Cc2ccccc2)C(=O)C(=O)O)C(=O)[C@@H]1c1ccccc1. The standard InChI is InChI=1S/C30H27N3O6/c1-20(34)32-18-25(22-13-7-3-8-14-22)33(29(37)27(32)23-15-9-4-10-16-23)19-26(35)31-24(28(36)30(38)39)17-21-11-5-2-6-12-21/h2-16,18,24,27H,17,19H2,1H3,(H,31,35)(H,38,39)/t24-,27-/m0/s1. The summed E-state index contributed by atoms with van der Waals surface area (Å²) in [4.78, 5) is 66.3. The van der Waals surface area contributed by atoms with E-state index in [0.717, 1.165) is 0 Å². The van der Waals surface area contributed by atoms with Crippen LogP contribution < -0.4 is 5.32 Å². The highest BCUT2D eigenvalue weighted by molar-refractivity contribution is 6.35. The fourth-order valence-electron chi connectivity index (χ4n) is 4.47. The van der Waals surface area contributed by atoms with Crippen LogP contribution in [0.2, 0.25) is 0 Å². The molecule has 3 aromatic carbocycles. The minimum Gasteiger partial charge on any atom is -0.475 e. The van der Waals surface area contributed by atoms with E-state index >= 15 is 0 Å². The fourth-order valence-corrected chi connectivity index (χ4v) is 4.47. The van der Waals surface area contributed by atoms with Gasteiger partial charge in [-0.1, -0.05) is 91.0 Å². The largest absolute Gasteiger partial charge is 0.475 e. The Balaban J connectivity index is 1.68. The van der Waals surface area contributed by atoms with Gasteiger partial charge in [0.25, 0.3) is 11.7 Å². The Morgan fingerprint density at radius 1 is 0.872 bits per heavy atom. The number of nitrogens with zero attached hydrogens (tertiary/aromatic N) is 2. The molecule has 0 fully saturated rings. The molecule has 0 aromatic heterocycles. The van der Waals surface area contributed by atoms with E-state index in [1.807, 2.05) is 0 Å². The minimum absolute atomic E-state index is 0.0300. The van der Waals surface area contributed by atoms with Gasteiger partial charge in [-0.3, -0.25) is 24.1 Å². The highest BCUT2D eigenvalue weighted by atomic mass is 16.4. The average Bonchev–Trinajstić information content (AvgIpc) is 2.94. The molecule has 9 heteroatoms. The lowest BCUT2D eigenvalue weighted by Crippen LogP contribution is -2.52. The first-order chi connectivity index (χ1) is 18.8. The first kappa shape index (κ1) is 27.0. The Morgan fingerprint density at radius 3 is 2.00 bits per heavy atom. The molecular weight excluding hydrogens is 498 g/mol. The van der Waals surface area contributed by atoms with Crippen LogP contribution in [0.1, 0.15) is 29.7 Å². The molecule has 1 aliphatic heterocycles. The molecule has 3 aromatic rings. The summed E-state index contributed by atoms with van der Waals surface area (Å²) in [6.45, 7) is 0.864. The van der Waals surface area contributed by atoms with Gasteiger partial charge in [-0.25, -0.2) is 4.79 Å². The van der Waals surface area contributed by atoms with Gasteiger partial charge in [-0.05, 0) is 16.7 Å². The second-order valence-corrected chi connectivity index (χ2v) is 9.02. The lowest BCUT2D eigenvalue weighted by molar-refractivity contribution is -0.150. The first-order valence-corrected chi connectivity index (χ1v) is 12.3. The second kappa shape index (κ2) is 12.0. The number of carboxylic acids is 1. The molecule has 0 bridgehead atoms. The van der Waals surface area contributed by atoms with Crippen molar-refractivity contribution < 1.29 is 29.1 Å². The summed E-state index contributed by atoms with van der Waals surface area (Å²) in [5.74, 6) is -4.43. The number of nitrogens with one attached hydrogen (secondary N) is 1. The van der Waals surface area contributed by atoms with Crippen molar-refractivity contribution >= 4 is 35.2 Å². The van der Waals surface area contributed by atoms with Crippen molar-refractivity contribution in [2.45, 2.75) is 25.4 Å². The van der Waals surface area contributed by atoms with Crippen LogP contribution in [-0.2, 0) is 30.4 Å². The molecular formula is C30H27N3O6. The summed E-state index contributed by atoms with van der Waals surface area (Å²) < 4.78 is 0. The first-order valence-electron chi connectivity index (χ1n) is 12.3. The van der Waals surface area contributed by atoms with Gasteiger partial charge < -0.3 is 15.3 Å². The number of carbonyl (C=O) groups excluding carboxylic acids is 4. The number of amides is 3. The van der Waals surface area contributed by atoms with E-state index < -0.39 is 42.2 Å². The normalized spacial score (nSPS) is 15.8. The highest BCUT2D eigenvalue weighted by Crippen LogP contribution is 2.34. The minimum atomic E-state index is -1.67. The van der Waals surface area contributed by atoms with E-state index in [9.17, 15) is 29.1 Å². The Kier molecular flexibility index (Phi) is 8.30. The van der Waals surface area contributed by atoms with Gasteiger partial charge in [-0.2, -0.15) is 0 Å². The number of ketones is 1. The molecule has 2 atom stereocenters. The van der Waals surface area contributed by atoms with Gasteiger partial charge in [-0.15, -0.1) is 0 Å². The molecule has 1 heterocycles. The van der Waals surface area contributed by atoms with E-state index in [0.29, 0.717) is 22.4 Å².